The molecule has 0 bridgehead atoms. The molecule has 2 aromatic carbocycles. The number of nitrogens with two attached hydrogens (primary N) is 1. The molecule has 38 heavy (non-hydrogen) atoms. The molecule has 3 N–H and O–H groups in total. The van der Waals surface area contributed by atoms with Crippen molar-refractivity contribution in [3.8, 4) is 11.6 Å². The van der Waals surface area contributed by atoms with Gasteiger partial charge in [-0.05, 0) is 61.9 Å². The number of amides is 2. The van der Waals surface area contributed by atoms with Crippen molar-refractivity contribution in [1.29, 1.82) is 0 Å². The molecule has 9 nitrogen and oxygen atoms in total. The summed E-state index contributed by atoms with van der Waals surface area (Å²) in [6.45, 7) is 1.19. The Labute approximate surface area is 215 Å². The fourth-order valence-electron chi connectivity index (χ4n) is 4.50. The molecule has 1 aliphatic heterocycles. The van der Waals surface area contributed by atoms with Crippen molar-refractivity contribution in [2.75, 3.05) is 11.9 Å². The molecule has 1 atom stereocenters. The number of ether oxygens (including phenoxy) is 1. The number of hydrogen-bond donors (Lipinski definition) is 2. The zero-order chi connectivity index (χ0) is 26.9. The number of alkyl halides is 3. The van der Waals surface area contributed by atoms with Gasteiger partial charge in [-0.15, -0.1) is 0 Å². The number of carbonyl (C=O) groups excluding carboxylic acids is 2. The van der Waals surface area contributed by atoms with Crippen molar-refractivity contribution in [1.82, 2.24) is 19.4 Å². The summed E-state index contributed by atoms with van der Waals surface area (Å²) < 4.78 is 46.1. The number of primary amides is 1. The molecule has 0 saturated carbocycles. The number of nitrogens with one attached hydrogen (secondary N) is 1. The third kappa shape index (κ3) is 5.44. The second kappa shape index (κ2) is 10.1. The van der Waals surface area contributed by atoms with Crippen LogP contribution in [0.3, 0.4) is 0 Å². The lowest BCUT2D eigenvalue weighted by atomic mass is 10.2. The van der Waals surface area contributed by atoms with Crippen LogP contribution in [0, 0.1) is 0 Å². The van der Waals surface area contributed by atoms with E-state index in [0.717, 1.165) is 31.5 Å². The quantitative estimate of drug-likeness (QED) is 0.375. The number of hydrogen-bond acceptors (Lipinski definition) is 6. The minimum Gasteiger partial charge on any atom is -0.439 e. The van der Waals surface area contributed by atoms with E-state index in [0.29, 0.717) is 34.8 Å². The van der Waals surface area contributed by atoms with Crippen LogP contribution in [-0.4, -0.2) is 44.0 Å². The smallest absolute Gasteiger partial charge is 0.416 e. The van der Waals surface area contributed by atoms with Crippen LogP contribution in [0.4, 0.5) is 23.7 Å². The molecule has 3 heterocycles. The highest BCUT2D eigenvalue weighted by molar-refractivity contribution is 5.98. The van der Waals surface area contributed by atoms with Crippen molar-refractivity contribution < 1.29 is 27.5 Å². The zero-order valence-electron chi connectivity index (χ0n) is 20.0. The van der Waals surface area contributed by atoms with E-state index < -0.39 is 17.8 Å². The first-order valence-electron chi connectivity index (χ1n) is 11.8. The van der Waals surface area contributed by atoms with Gasteiger partial charge in [0.1, 0.15) is 12.1 Å². The third-order valence-corrected chi connectivity index (χ3v) is 6.30. The Balaban J connectivity index is 1.29. The zero-order valence-corrected chi connectivity index (χ0v) is 20.0. The molecule has 0 spiro atoms. The van der Waals surface area contributed by atoms with Gasteiger partial charge in [-0.2, -0.15) is 13.2 Å². The van der Waals surface area contributed by atoms with Crippen molar-refractivity contribution >= 4 is 28.5 Å². The Hall–Kier alpha value is -4.45. The highest BCUT2D eigenvalue weighted by Crippen LogP contribution is 2.31. The highest BCUT2D eigenvalue weighted by atomic mass is 19.4. The molecular formula is C26H23F3N6O3. The molecule has 1 fully saturated rings. The number of nitrogens with zero attached hydrogens (tertiary/aromatic N) is 4. The van der Waals surface area contributed by atoms with Crippen molar-refractivity contribution in [3.05, 3.63) is 78.4 Å². The number of likely N-dealkylation sites (tertiary alicyclic amines) is 1. The maximum absolute atomic E-state index is 13.0. The number of anilines is 1. The maximum Gasteiger partial charge on any atom is 0.416 e. The molecule has 5 rings (SSSR count). The fourth-order valence-corrected chi connectivity index (χ4v) is 4.50. The predicted octanol–water partition coefficient (Wildman–Crippen LogP) is 4.77. The molecular weight excluding hydrogens is 501 g/mol. The Morgan fingerprint density at radius 3 is 2.74 bits per heavy atom. The summed E-state index contributed by atoms with van der Waals surface area (Å²) in [7, 11) is 0. The topological polar surface area (TPSA) is 115 Å². The minimum absolute atomic E-state index is 0.0299. The standard InChI is InChI=1S/C26H23F3N6O3/c27-26(28,29)17-3-1-4-18(12-17)33-25(37)35-10-8-16-11-20(6-7-21(16)35)38-23-13-19(31-15-32-23)14-34-9-2-5-22(34)24(30)36/h1,3-4,6-8,10-13,15,22H,2,5,9,14H2,(H2,30,36)(H,33,37)/t22-/m1/s1. The van der Waals surface area contributed by atoms with E-state index in [2.05, 4.69) is 15.3 Å². The molecule has 2 aromatic heterocycles. The molecule has 12 heteroatoms. The highest BCUT2D eigenvalue weighted by Gasteiger charge is 2.31. The summed E-state index contributed by atoms with van der Waals surface area (Å²) in [6, 6.07) is 11.9. The van der Waals surface area contributed by atoms with Gasteiger partial charge in [-0.25, -0.2) is 14.8 Å². The average Bonchev–Trinajstić information content (AvgIpc) is 3.51. The Morgan fingerprint density at radius 1 is 1.11 bits per heavy atom. The third-order valence-electron chi connectivity index (χ3n) is 6.30. The largest absolute Gasteiger partial charge is 0.439 e. The second-order valence-electron chi connectivity index (χ2n) is 8.90. The Kier molecular flexibility index (Phi) is 6.72. The predicted molar refractivity (Wildman–Crippen MR) is 133 cm³/mol. The minimum atomic E-state index is -4.51. The van der Waals surface area contributed by atoms with Gasteiger partial charge < -0.3 is 15.8 Å². The lowest BCUT2D eigenvalue weighted by Gasteiger charge is -2.21. The number of rotatable bonds is 6. The average molecular weight is 525 g/mol. The van der Waals surface area contributed by atoms with Crippen LogP contribution in [-0.2, 0) is 17.5 Å². The summed E-state index contributed by atoms with van der Waals surface area (Å²) >= 11 is 0. The van der Waals surface area contributed by atoms with Crippen LogP contribution >= 0.6 is 0 Å². The molecule has 0 aliphatic carbocycles. The maximum atomic E-state index is 13.0. The van der Waals surface area contributed by atoms with Gasteiger partial charge >= 0.3 is 12.2 Å². The summed E-state index contributed by atoms with van der Waals surface area (Å²) in [6.07, 6.45) is 0.00142. The van der Waals surface area contributed by atoms with Gasteiger partial charge in [-0.3, -0.25) is 14.3 Å². The number of aromatic nitrogens is 3. The summed E-state index contributed by atoms with van der Waals surface area (Å²) in [5.41, 5.74) is 5.89. The van der Waals surface area contributed by atoms with Gasteiger partial charge in [0.2, 0.25) is 11.8 Å². The lowest BCUT2D eigenvalue weighted by molar-refractivity contribution is -0.137. The molecule has 1 aliphatic rings. The van der Waals surface area contributed by atoms with E-state index in [1.165, 1.54) is 29.2 Å². The molecule has 4 aromatic rings. The van der Waals surface area contributed by atoms with Gasteiger partial charge in [-0.1, -0.05) is 6.07 Å². The molecule has 2 amide bonds. The number of fused-ring (bicyclic) bond motifs is 1. The normalized spacial score (nSPS) is 16.0. The lowest BCUT2D eigenvalue weighted by Crippen LogP contribution is -2.39. The first kappa shape index (κ1) is 25.2. The van der Waals surface area contributed by atoms with Crippen molar-refractivity contribution in [3.63, 3.8) is 0 Å². The Morgan fingerprint density at radius 2 is 1.95 bits per heavy atom. The van der Waals surface area contributed by atoms with Gasteiger partial charge in [0.15, 0.2) is 0 Å². The molecule has 0 unspecified atom stereocenters. The summed E-state index contributed by atoms with van der Waals surface area (Å²) in [5.74, 6) is 0.428. The van der Waals surface area contributed by atoms with Crippen LogP contribution in [0.25, 0.3) is 10.9 Å². The van der Waals surface area contributed by atoms with E-state index in [9.17, 15) is 22.8 Å². The van der Waals surface area contributed by atoms with Gasteiger partial charge in [0.25, 0.3) is 0 Å². The monoisotopic (exact) mass is 524 g/mol. The number of benzene rings is 2. The molecule has 196 valence electrons. The van der Waals surface area contributed by atoms with Crippen LogP contribution in [0.1, 0.15) is 24.1 Å². The van der Waals surface area contributed by atoms with E-state index in [1.807, 2.05) is 4.90 Å². The summed E-state index contributed by atoms with van der Waals surface area (Å²) in [5, 5.41) is 3.17. The van der Waals surface area contributed by atoms with Crippen molar-refractivity contribution in [2.24, 2.45) is 5.73 Å². The van der Waals surface area contributed by atoms with E-state index in [-0.39, 0.29) is 17.6 Å². The molecule has 0 radical (unpaired) electrons. The number of carbonyl (C=O) groups is 2. The van der Waals surface area contributed by atoms with E-state index in [1.54, 1.807) is 30.3 Å². The first-order chi connectivity index (χ1) is 18.2. The van der Waals surface area contributed by atoms with Gasteiger partial charge in [0.05, 0.1) is 22.8 Å². The van der Waals surface area contributed by atoms with E-state index in [4.69, 9.17) is 10.5 Å². The first-order valence-corrected chi connectivity index (χ1v) is 11.8. The van der Waals surface area contributed by atoms with Gasteiger partial charge in [0, 0.05) is 29.9 Å². The molecule has 1 saturated heterocycles. The Bertz CT molecular complexity index is 1500. The van der Waals surface area contributed by atoms with E-state index >= 15 is 0 Å². The fraction of sp³-hybridized carbons (Fsp3) is 0.231. The van der Waals surface area contributed by atoms with Crippen LogP contribution in [0.2, 0.25) is 0 Å². The summed E-state index contributed by atoms with van der Waals surface area (Å²) in [4.78, 5) is 34.8. The second-order valence-corrected chi connectivity index (χ2v) is 8.90. The van der Waals surface area contributed by atoms with Crippen LogP contribution in [0.15, 0.2) is 67.1 Å². The van der Waals surface area contributed by atoms with Crippen molar-refractivity contribution in [2.45, 2.75) is 31.6 Å². The SMILES string of the molecule is NC(=O)[C@H]1CCCN1Cc1cc(Oc2ccc3c(ccn3C(=O)Nc3cccc(C(F)(F)F)c3)c2)ncn1. The number of halogens is 3. The van der Waals surface area contributed by atoms with Crippen LogP contribution < -0.4 is 15.8 Å². The van der Waals surface area contributed by atoms with Crippen LogP contribution in [0.5, 0.6) is 11.6 Å².